The van der Waals surface area contributed by atoms with Gasteiger partial charge in [0.15, 0.2) is 69.4 Å². The van der Waals surface area contributed by atoms with Gasteiger partial charge in [-0.2, -0.15) is 5.26 Å². The van der Waals surface area contributed by atoms with Crippen LogP contribution in [0.2, 0.25) is 0 Å². The zero-order valence-electron chi connectivity index (χ0n) is 44.0. The largest absolute Gasteiger partial charge is 0.505 e. The number of nitrogens with two attached hydrogens (primary N) is 2. The summed E-state index contributed by atoms with van der Waals surface area (Å²) >= 11 is 0. The highest BCUT2D eigenvalue weighted by atomic mass is 19.2. The maximum Gasteiger partial charge on any atom is 0.411 e. The molecule has 2 atom stereocenters. The van der Waals surface area contributed by atoms with Gasteiger partial charge in [-0.25, -0.2) is 62.3 Å². The third-order valence-corrected chi connectivity index (χ3v) is 11.5. The summed E-state index contributed by atoms with van der Waals surface area (Å²) in [6, 6.07) is 13.5. The molecular formula is C57H45F12N5O11. The Morgan fingerprint density at radius 2 is 0.988 bits per heavy atom. The molecule has 7 N–H and O–H groups in total. The summed E-state index contributed by atoms with van der Waals surface area (Å²) in [5.41, 5.74) is 13.1. The number of carbonyl (C=O) groups excluding carboxylic acids is 3. The molecule has 6 aromatic rings. The Labute approximate surface area is 474 Å². The van der Waals surface area contributed by atoms with Crippen LogP contribution >= 0.6 is 0 Å². The van der Waals surface area contributed by atoms with Crippen molar-refractivity contribution in [3.8, 4) is 40.6 Å². The average Bonchev–Trinajstić information content (AvgIpc) is 3.53. The van der Waals surface area contributed by atoms with Gasteiger partial charge in [-0.3, -0.25) is 10.1 Å². The van der Waals surface area contributed by atoms with Crippen molar-refractivity contribution in [2.45, 2.75) is 24.9 Å². The number of phenols is 1. The number of aromatic hydroxyl groups is 1. The van der Waals surface area contributed by atoms with E-state index in [0.717, 1.165) is 60.7 Å². The monoisotopic (exact) mass is 1200 g/mol. The number of halogens is 12. The summed E-state index contributed by atoms with van der Waals surface area (Å²) in [5.74, 6) is -9.74. The normalized spacial score (nSPS) is 15.1. The van der Waals surface area contributed by atoms with Gasteiger partial charge in [0.2, 0.25) is 5.91 Å². The minimum atomic E-state index is -0.935. The van der Waals surface area contributed by atoms with Crippen LogP contribution in [0.4, 0.5) is 62.3 Å². The van der Waals surface area contributed by atoms with Crippen molar-refractivity contribution in [1.29, 1.82) is 5.26 Å². The van der Waals surface area contributed by atoms with Gasteiger partial charge in [-0.15, -0.1) is 0 Å². The highest BCUT2D eigenvalue weighted by molar-refractivity contribution is 5.98. The summed E-state index contributed by atoms with van der Waals surface area (Å²) in [7, 11) is 2.46. The van der Waals surface area contributed by atoms with Crippen LogP contribution in [-0.2, 0) is 27.1 Å². The molecule has 0 unspecified atom stereocenters. The molecule has 0 spiro atoms. The smallest absolute Gasteiger partial charge is 0.411 e. The highest BCUT2D eigenvalue weighted by Crippen LogP contribution is 2.34. The molecule has 0 saturated heterocycles. The highest BCUT2D eigenvalue weighted by Gasteiger charge is 2.26. The standard InChI is InChI=1S/C11H11F2NO3.C11H9F2NO3.C10H7F2NO2.C10H5F2NO.C9H9F2NO.C6H4F2O/c2*1-16-11(15)14-8-3-6-2-7(12)4-9(13)10(6)17-5-8;11-7-2-5-1-6(10(13)14)4-15-9(5)8(12)3-7;11-8-2-7-1-6(4-13)5-14-10(7)9(12)3-8;10-6-1-5-2-7(12)4-13-9(5)8(11)3-6;7-4-1-2-6(9)5(8)3-4/h2,4,8H,3,5H2,1H3,(H,14,15);2-4H,5H2,1H3,(H,14,15);1-3H,4H2,(H2,13,14);1-3H,5H2;1,3,7H,2,4,12H2;1-3,9H/t8-;;;;7-;/m1...1./s1. The molecule has 11 rings (SSSR count). The third kappa shape index (κ3) is 18.0. The van der Waals surface area contributed by atoms with Crippen LogP contribution < -0.4 is 45.8 Å². The Kier molecular flexibility index (Phi) is 22.1. The lowest BCUT2D eigenvalue weighted by Gasteiger charge is -2.25. The second-order valence-corrected chi connectivity index (χ2v) is 17.9. The zero-order valence-corrected chi connectivity index (χ0v) is 44.0. The Hall–Kier alpha value is -10.0. The molecule has 0 saturated carbocycles. The van der Waals surface area contributed by atoms with Crippen LogP contribution in [0.15, 0.2) is 95.7 Å². The number of hydrogen-bond acceptors (Lipinski definition) is 13. The first-order valence-corrected chi connectivity index (χ1v) is 24.3. The molecule has 0 radical (unpaired) electrons. The van der Waals surface area contributed by atoms with E-state index in [4.69, 9.17) is 45.5 Å². The number of hydrogen-bond donors (Lipinski definition) is 5. The molecule has 0 aliphatic carbocycles. The molecule has 5 aliphatic heterocycles. The molecule has 5 aliphatic rings. The Morgan fingerprint density at radius 3 is 1.48 bits per heavy atom. The van der Waals surface area contributed by atoms with Crippen molar-refractivity contribution in [3.63, 3.8) is 0 Å². The Morgan fingerprint density at radius 1 is 0.541 bits per heavy atom. The fourth-order valence-corrected chi connectivity index (χ4v) is 7.81. The van der Waals surface area contributed by atoms with Gasteiger partial charge in [0.1, 0.15) is 67.9 Å². The predicted octanol–water partition coefficient (Wildman–Crippen LogP) is 10.1. The molecule has 16 nitrogen and oxygen atoms in total. The van der Waals surface area contributed by atoms with E-state index in [1.54, 1.807) is 0 Å². The molecule has 3 amide bonds. The number of nitriles is 1. The van der Waals surface area contributed by atoms with Crippen LogP contribution in [0, 0.1) is 81.1 Å². The van der Waals surface area contributed by atoms with Gasteiger partial charge < -0.3 is 55.0 Å². The predicted molar refractivity (Wildman–Crippen MR) is 276 cm³/mol. The summed E-state index contributed by atoms with van der Waals surface area (Å²) in [6.07, 6.45) is 3.68. The quantitative estimate of drug-likeness (QED) is 0.104. The van der Waals surface area contributed by atoms with E-state index in [-0.39, 0.29) is 96.1 Å². The van der Waals surface area contributed by atoms with Crippen LogP contribution in [0.1, 0.15) is 27.8 Å². The first kappa shape index (κ1) is 64.1. The molecule has 0 fully saturated rings. The number of rotatable bonds is 3. The number of phenolic OH excluding ortho intramolecular Hbond substituents is 1. The third-order valence-electron chi connectivity index (χ3n) is 11.5. The second kappa shape index (κ2) is 29.3. The van der Waals surface area contributed by atoms with E-state index in [1.807, 2.05) is 6.07 Å². The molecule has 5 heterocycles. The van der Waals surface area contributed by atoms with Gasteiger partial charge in [-0.05, 0) is 73.5 Å². The van der Waals surface area contributed by atoms with Crippen molar-refractivity contribution in [2.24, 2.45) is 11.5 Å². The number of nitrogens with zero attached hydrogens (tertiary/aromatic N) is 1. The number of alkyl carbamates (subject to hydrolysis) is 2. The van der Waals surface area contributed by atoms with Crippen LogP contribution in [-0.4, -0.2) is 82.5 Å². The minimum Gasteiger partial charge on any atom is -0.505 e. The topological polar surface area (TPSA) is 236 Å². The SMILES string of the molecule is COC(=O)NC1=Cc2cc(F)cc(F)c2OC1.COC(=O)N[C@H]1COc2c(F)cc(F)cc2C1.N#CC1=Cc2cc(F)cc(F)c2OC1.NC(=O)C1=Cc2cc(F)cc(F)c2OC1.N[C@H]1COc2c(F)cc(F)cc2C1.Oc1ccc(F)cc1F. The lowest BCUT2D eigenvalue weighted by Crippen LogP contribution is -2.42. The van der Waals surface area contributed by atoms with E-state index < -0.39 is 93.6 Å². The van der Waals surface area contributed by atoms with E-state index in [9.17, 15) is 67.1 Å². The molecule has 85 heavy (non-hydrogen) atoms. The number of ether oxygens (including phenoxy) is 7. The van der Waals surface area contributed by atoms with Crippen LogP contribution in [0.25, 0.3) is 18.2 Å². The first-order valence-electron chi connectivity index (χ1n) is 24.3. The summed E-state index contributed by atoms with van der Waals surface area (Å²) in [5, 5.41) is 22.0. The first-order chi connectivity index (χ1) is 40.3. The fraction of sp³-hybridized carbons (Fsp3) is 0.193. The summed E-state index contributed by atoms with van der Waals surface area (Å²) in [6.45, 7) is 0.349. The molecular weight excluding hydrogens is 1160 g/mol. The number of amides is 3. The number of fused-ring (bicyclic) bond motifs is 5. The van der Waals surface area contributed by atoms with Gasteiger partial charge in [0, 0.05) is 70.3 Å². The van der Waals surface area contributed by atoms with Gasteiger partial charge >= 0.3 is 12.2 Å². The van der Waals surface area contributed by atoms with Crippen LogP contribution in [0.3, 0.4) is 0 Å². The van der Waals surface area contributed by atoms with Crippen molar-refractivity contribution in [3.05, 3.63) is 193 Å². The Bertz CT molecular complexity index is 3640. The van der Waals surface area contributed by atoms with Gasteiger partial charge in [-0.1, -0.05) is 0 Å². The number of nitrogens with one attached hydrogen (secondary N) is 2. The van der Waals surface area contributed by atoms with E-state index in [1.165, 1.54) is 44.6 Å². The van der Waals surface area contributed by atoms with Crippen molar-refractivity contribution < 1.29 is 105 Å². The molecule has 28 heteroatoms. The van der Waals surface area contributed by atoms with Gasteiger partial charge in [0.05, 0.1) is 43.2 Å². The lowest BCUT2D eigenvalue weighted by atomic mass is 10.0. The molecule has 0 bridgehead atoms. The molecule has 6 aromatic carbocycles. The Balaban J connectivity index is 0.000000165. The number of carbonyl (C=O) groups is 3. The van der Waals surface area contributed by atoms with Crippen molar-refractivity contribution >= 4 is 36.3 Å². The zero-order chi connectivity index (χ0) is 62.2. The maximum absolute atomic E-state index is 13.3. The molecule has 0 aromatic heterocycles. The fourth-order valence-electron chi connectivity index (χ4n) is 7.81. The van der Waals surface area contributed by atoms with E-state index in [0.29, 0.717) is 41.3 Å². The number of primary amides is 1. The summed E-state index contributed by atoms with van der Waals surface area (Å²) in [4.78, 5) is 32.8. The van der Waals surface area contributed by atoms with Gasteiger partial charge in [0.25, 0.3) is 0 Å². The van der Waals surface area contributed by atoms with E-state index >= 15 is 0 Å². The van der Waals surface area contributed by atoms with Crippen molar-refractivity contribution in [2.75, 3.05) is 47.3 Å². The summed E-state index contributed by atoms with van der Waals surface area (Å²) < 4.78 is 188. The lowest BCUT2D eigenvalue weighted by molar-refractivity contribution is -0.114. The number of methoxy groups -OCH3 is 2. The van der Waals surface area contributed by atoms with E-state index in [2.05, 4.69) is 20.1 Å². The van der Waals surface area contributed by atoms with Crippen molar-refractivity contribution in [1.82, 2.24) is 10.6 Å². The number of benzene rings is 6. The van der Waals surface area contributed by atoms with Crippen LogP contribution in [0.5, 0.6) is 34.5 Å². The average molecular weight is 1200 g/mol. The maximum atomic E-state index is 13.3. The molecule has 448 valence electrons. The second-order valence-electron chi connectivity index (χ2n) is 17.9. The minimum absolute atomic E-state index is 0.00500.